The van der Waals surface area contributed by atoms with E-state index in [1.807, 2.05) is 23.0 Å². The molecule has 2 aliphatic carbocycles. The number of hydrogen-bond donors (Lipinski definition) is 1. The van der Waals surface area contributed by atoms with Crippen molar-refractivity contribution in [3.05, 3.63) is 71.4 Å². The van der Waals surface area contributed by atoms with Gasteiger partial charge < -0.3 is 14.7 Å². The van der Waals surface area contributed by atoms with Crippen molar-refractivity contribution in [1.82, 2.24) is 19.1 Å². The minimum atomic E-state index is -1.35. The molecule has 210 valence electrons. The fourth-order valence-electron chi connectivity index (χ4n) is 6.22. The summed E-state index contributed by atoms with van der Waals surface area (Å²) in [7, 11) is -1.35. The van der Waals surface area contributed by atoms with E-state index in [0.29, 0.717) is 37.1 Å². The molecule has 2 aromatic heterocycles. The van der Waals surface area contributed by atoms with E-state index in [1.165, 1.54) is 30.5 Å². The number of ether oxygens (including phenoxy) is 1. The molecule has 3 aromatic rings. The number of nitrogens with zero attached hydrogens (tertiary/aromatic N) is 5. The van der Waals surface area contributed by atoms with Crippen LogP contribution >= 0.6 is 0 Å². The topological polar surface area (TPSA) is 83.7 Å². The van der Waals surface area contributed by atoms with Gasteiger partial charge in [0.05, 0.1) is 35.2 Å². The van der Waals surface area contributed by atoms with E-state index in [0.717, 1.165) is 55.2 Å². The highest BCUT2D eigenvalue weighted by molar-refractivity contribution is 7.82. The summed E-state index contributed by atoms with van der Waals surface area (Å²) < 4.78 is 37.6. The average Bonchev–Trinajstić information content (AvgIpc) is 3.55. The zero-order valence-electron chi connectivity index (χ0n) is 22.4. The Bertz CT molecular complexity index is 1440. The average molecular weight is 564 g/mol. The highest BCUT2D eigenvalue weighted by Crippen LogP contribution is 2.45. The molecule has 1 saturated carbocycles. The van der Waals surface area contributed by atoms with Gasteiger partial charge in [0.2, 0.25) is 0 Å². The predicted octanol–water partition coefficient (Wildman–Crippen LogP) is 3.76. The largest absolute Gasteiger partial charge is 0.391 e. The first kappa shape index (κ1) is 26.0. The molecule has 0 bridgehead atoms. The van der Waals surface area contributed by atoms with Crippen LogP contribution < -0.4 is 4.90 Å². The number of aliphatic hydroxyl groups is 1. The van der Waals surface area contributed by atoms with Gasteiger partial charge in [0, 0.05) is 44.4 Å². The second kappa shape index (κ2) is 10.5. The minimum Gasteiger partial charge on any atom is -0.391 e. The molecule has 2 saturated heterocycles. The summed E-state index contributed by atoms with van der Waals surface area (Å²) in [4.78, 5) is 7.33. The maximum atomic E-state index is 13.8. The van der Waals surface area contributed by atoms with E-state index in [2.05, 4.69) is 25.4 Å². The molecular formula is C30H34FN5O3S. The number of β-amino-alcohol motifs (C(OH)–C–C–N with tert-alkyl or cyclic N) is 1. The zero-order chi connectivity index (χ0) is 27.3. The van der Waals surface area contributed by atoms with Crippen LogP contribution in [0.5, 0.6) is 0 Å². The Hall–Kier alpha value is -2.92. The fraction of sp³-hybridized carbons (Fsp3) is 0.467. The number of aliphatic hydroxyl groups excluding tert-OH is 1. The van der Waals surface area contributed by atoms with Gasteiger partial charge in [-0.25, -0.2) is 22.6 Å². The molecule has 0 amide bonds. The number of aromatic nitrogens is 3. The van der Waals surface area contributed by atoms with Crippen LogP contribution in [0.3, 0.4) is 0 Å². The lowest BCUT2D eigenvalue weighted by atomic mass is 9.69. The highest BCUT2D eigenvalue weighted by atomic mass is 32.2. The summed E-state index contributed by atoms with van der Waals surface area (Å²) in [5.41, 5.74) is 3.99. The third kappa shape index (κ3) is 5.02. The molecule has 8 nitrogen and oxygen atoms in total. The first-order valence-electron chi connectivity index (χ1n) is 14.1. The Balaban J connectivity index is 1.14. The number of benzene rings is 1. The van der Waals surface area contributed by atoms with E-state index in [9.17, 15) is 13.7 Å². The van der Waals surface area contributed by atoms with Crippen LogP contribution in [0.4, 0.5) is 10.2 Å². The molecule has 2 aliphatic heterocycles. The molecule has 3 atom stereocenters. The first-order chi connectivity index (χ1) is 19.5. The maximum absolute atomic E-state index is 13.8. The molecule has 7 rings (SSSR count). The van der Waals surface area contributed by atoms with Crippen LogP contribution in [0.1, 0.15) is 36.9 Å². The Kier molecular flexibility index (Phi) is 6.82. The van der Waals surface area contributed by atoms with E-state index >= 15 is 0 Å². The van der Waals surface area contributed by atoms with Crippen molar-refractivity contribution < 1.29 is 18.4 Å². The standard InChI is InChI=1S/C30H34FN5O3S/c31-24-3-5-25(6-4-24)36-28-13-23-9-12-35(19-30(23,14-22(28)15-33-36)20-39-18-21-1-2-21)40(38)27-7-8-29(32-16-27)34-11-10-26(37)17-34/h3-8,13,15-16,21,26,37H,1-2,9-12,14,17-20H2/t26-,30-,40?/m1/s1. The molecule has 0 spiro atoms. The molecule has 4 heterocycles. The van der Waals surface area contributed by atoms with Gasteiger partial charge in [-0.15, -0.1) is 0 Å². The third-order valence-corrected chi connectivity index (χ3v) is 10.1. The molecular weight excluding hydrogens is 529 g/mol. The lowest BCUT2D eigenvalue weighted by molar-refractivity contribution is 0.0366. The smallest absolute Gasteiger partial charge is 0.129 e. The summed E-state index contributed by atoms with van der Waals surface area (Å²) in [6.07, 6.45) is 10.3. The normalized spacial score (nSPS) is 25.4. The lowest BCUT2D eigenvalue weighted by Gasteiger charge is -2.45. The summed E-state index contributed by atoms with van der Waals surface area (Å²) in [6, 6.07) is 10.2. The Labute approximate surface area is 236 Å². The number of halogens is 1. The zero-order valence-corrected chi connectivity index (χ0v) is 23.2. The predicted molar refractivity (Wildman–Crippen MR) is 151 cm³/mol. The van der Waals surface area contributed by atoms with Crippen LogP contribution in [0.15, 0.2) is 59.3 Å². The van der Waals surface area contributed by atoms with Crippen molar-refractivity contribution in [2.45, 2.75) is 43.1 Å². The number of rotatable bonds is 8. The van der Waals surface area contributed by atoms with Crippen molar-refractivity contribution >= 4 is 22.9 Å². The van der Waals surface area contributed by atoms with E-state index in [1.54, 1.807) is 18.3 Å². The summed E-state index contributed by atoms with van der Waals surface area (Å²) in [5, 5.41) is 14.5. The van der Waals surface area contributed by atoms with E-state index in [-0.39, 0.29) is 17.3 Å². The molecule has 1 aromatic carbocycles. The second-order valence-electron chi connectivity index (χ2n) is 11.6. The van der Waals surface area contributed by atoms with Gasteiger partial charge in [0.25, 0.3) is 0 Å². The van der Waals surface area contributed by atoms with Gasteiger partial charge in [0.1, 0.15) is 22.6 Å². The van der Waals surface area contributed by atoms with Crippen molar-refractivity contribution in [1.29, 1.82) is 0 Å². The molecule has 1 N–H and O–H groups in total. The number of fused-ring (bicyclic) bond motifs is 2. The van der Waals surface area contributed by atoms with Crippen LogP contribution in [-0.4, -0.2) is 73.9 Å². The van der Waals surface area contributed by atoms with Crippen LogP contribution in [0, 0.1) is 17.2 Å². The van der Waals surface area contributed by atoms with Gasteiger partial charge in [-0.3, -0.25) is 0 Å². The van der Waals surface area contributed by atoms with E-state index < -0.39 is 11.0 Å². The summed E-state index contributed by atoms with van der Waals surface area (Å²) in [6.45, 7) is 4.01. The first-order valence-corrected chi connectivity index (χ1v) is 15.3. The van der Waals surface area contributed by atoms with Crippen molar-refractivity contribution in [3.8, 4) is 5.69 Å². The van der Waals surface area contributed by atoms with Gasteiger partial charge in [-0.2, -0.15) is 5.10 Å². The van der Waals surface area contributed by atoms with E-state index in [4.69, 9.17) is 4.74 Å². The molecule has 40 heavy (non-hydrogen) atoms. The molecule has 0 radical (unpaired) electrons. The Morgan fingerprint density at radius 1 is 1.10 bits per heavy atom. The summed E-state index contributed by atoms with van der Waals surface area (Å²) >= 11 is 0. The van der Waals surface area contributed by atoms with Crippen molar-refractivity contribution in [2.24, 2.45) is 11.3 Å². The Morgan fingerprint density at radius 3 is 2.67 bits per heavy atom. The fourth-order valence-corrected chi connectivity index (χ4v) is 7.47. The minimum absolute atomic E-state index is 0.269. The van der Waals surface area contributed by atoms with Crippen LogP contribution in [0.2, 0.25) is 0 Å². The van der Waals surface area contributed by atoms with Gasteiger partial charge in [-0.05, 0) is 86.1 Å². The quantitative estimate of drug-likeness (QED) is 0.450. The lowest BCUT2D eigenvalue weighted by Crippen LogP contribution is -2.50. The van der Waals surface area contributed by atoms with Gasteiger partial charge in [0.15, 0.2) is 0 Å². The number of piperidine rings is 1. The third-order valence-electron chi connectivity index (χ3n) is 8.66. The second-order valence-corrected chi connectivity index (χ2v) is 13.1. The van der Waals surface area contributed by atoms with Crippen molar-refractivity contribution in [3.63, 3.8) is 0 Å². The Morgan fingerprint density at radius 2 is 1.95 bits per heavy atom. The summed E-state index contributed by atoms with van der Waals surface area (Å²) in [5.74, 6) is 1.21. The SMILES string of the molecule is O=S(c1ccc(N2CC[C@@H](O)C2)nc1)N1CCC2=Cc3c(cnn3-c3ccc(F)cc3)C[C@]2(COCC2CC2)C1. The molecule has 3 fully saturated rings. The molecule has 10 heteroatoms. The number of anilines is 1. The molecule has 1 unspecified atom stereocenters. The van der Waals surface area contributed by atoms with Crippen LogP contribution in [0.25, 0.3) is 11.8 Å². The van der Waals surface area contributed by atoms with Crippen molar-refractivity contribution in [2.75, 3.05) is 44.3 Å². The maximum Gasteiger partial charge on any atom is 0.129 e. The number of pyridine rings is 1. The van der Waals surface area contributed by atoms with Crippen LogP contribution in [-0.2, 0) is 22.1 Å². The highest BCUT2D eigenvalue weighted by Gasteiger charge is 2.45. The number of hydrogen-bond acceptors (Lipinski definition) is 6. The monoisotopic (exact) mass is 563 g/mol. The molecule has 4 aliphatic rings. The van der Waals surface area contributed by atoms with Gasteiger partial charge >= 0.3 is 0 Å². The van der Waals surface area contributed by atoms with Gasteiger partial charge in [-0.1, -0.05) is 5.57 Å².